The Morgan fingerprint density at radius 3 is 1.86 bits per heavy atom. The largest absolute Gasteiger partial charge is 0.479 e. The van der Waals surface area contributed by atoms with Crippen LogP contribution in [0.25, 0.3) is 11.1 Å². The SMILES string of the molecule is CCc1c(OC(C)(c2ccc(CO)c(CO)c2)C(O)(C(F)(F)F)C(F)(F)F)cccc1-c1ccccc1. The quantitative estimate of drug-likeness (QED) is 0.312. The number of halogens is 6. The van der Waals surface area contributed by atoms with Crippen molar-refractivity contribution in [1.82, 2.24) is 0 Å². The Hall–Kier alpha value is -3.08. The summed E-state index contributed by atoms with van der Waals surface area (Å²) >= 11 is 0. The number of rotatable bonds is 8. The molecule has 0 saturated carbocycles. The lowest BCUT2D eigenvalue weighted by atomic mass is 9.76. The molecule has 1 atom stereocenters. The maximum absolute atomic E-state index is 14.2. The van der Waals surface area contributed by atoms with Crippen molar-refractivity contribution in [3.05, 3.63) is 89.0 Å². The standard InChI is InChI=1S/C27H26F6O4/c1-3-21-22(17-8-5-4-6-9-17)10-7-11-23(21)37-24(2,25(36,26(28,29)30)27(31,32)33)20-13-12-18(15-34)19(14-20)16-35/h4-14,34-36H,3,15-16H2,1-2H3. The molecule has 0 aromatic heterocycles. The first-order valence-electron chi connectivity index (χ1n) is 11.3. The molecular formula is C27H26F6O4. The second-order valence-electron chi connectivity index (χ2n) is 8.64. The molecule has 1 unspecified atom stereocenters. The van der Waals surface area contributed by atoms with E-state index in [9.17, 15) is 41.7 Å². The highest BCUT2D eigenvalue weighted by atomic mass is 19.4. The fourth-order valence-electron chi connectivity index (χ4n) is 4.40. The fourth-order valence-corrected chi connectivity index (χ4v) is 4.40. The van der Waals surface area contributed by atoms with Gasteiger partial charge in [-0.2, -0.15) is 26.3 Å². The van der Waals surface area contributed by atoms with E-state index in [1.165, 1.54) is 12.1 Å². The molecule has 0 aliphatic heterocycles. The summed E-state index contributed by atoms with van der Waals surface area (Å²) in [4.78, 5) is 0. The zero-order valence-electron chi connectivity index (χ0n) is 20.0. The minimum Gasteiger partial charge on any atom is -0.479 e. The third-order valence-corrected chi connectivity index (χ3v) is 6.49. The highest BCUT2D eigenvalue weighted by Gasteiger charge is 2.80. The van der Waals surface area contributed by atoms with E-state index < -0.39 is 42.3 Å². The van der Waals surface area contributed by atoms with E-state index in [0.717, 1.165) is 18.2 Å². The second-order valence-corrected chi connectivity index (χ2v) is 8.64. The lowest BCUT2D eigenvalue weighted by molar-refractivity contribution is -0.409. The lowest BCUT2D eigenvalue weighted by Gasteiger charge is -2.46. The van der Waals surface area contributed by atoms with Crippen LogP contribution in [-0.2, 0) is 25.2 Å². The number of alkyl halides is 6. The van der Waals surface area contributed by atoms with Crippen LogP contribution in [-0.4, -0.2) is 33.3 Å². The summed E-state index contributed by atoms with van der Waals surface area (Å²) in [5, 5.41) is 29.7. The van der Waals surface area contributed by atoms with Crippen LogP contribution in [0.4, 0.5) is 26.3 Å². The molecule has 3 N–H and O–H groups in total. The first-order valence-corrected chi connectivity index (χ1v) is 11.3. The van der Waals surface area contributed by atoms with Gasteiger partial charge in [0.2, 0.25) is 0 Å². The average molecular weight is 528 g/mol. The third-order valence-electron chi connectivity index (χ3n) is 6.49. The number of aliphatic hydroxyl groups is 3. The maximum Gasteiger partial charge on any atom is 0.430 e. The molecule has 0 amide bonds. The zero-order valence-corrected chi connectivity index (χ0v) is 20.0. The van der Waals surface area contributed by atoms with Gasteiger partial charge in [0, 0.05) is 5.56 Å². The smallest absolute Gasteiger partial charge is 0.430 e. The van der Waals surface area contributed by atoms with Crippen LogP contribution in [0, 0.1) is 0 Å². The summed E-state index contributed by atoms with van der Waals surface area (Å²) in [7, 11) is 0. The van der Waals surface area contributed by atoms with Crippen molar-refractivity contribution >= 4 is 0 Å². The first kappa shape index (κ1) is 28.5. The minimum absolute atomic E-state index is 0.0940. The van der Waals surface area contributed by atoms with Crippen LogP contribution in [0.2, 0.25) is 0 Å². The fraction of sp³-hybridized carbons (Fsp3) is 0.333. The van der Waals surface area contributed by atoms with Crippen molar-refractivity contribution in [2.45, 2.75) is 57.0 Å². The Labute approximate surface area is 209 Å². The summed E-state index contributed by atoms with van der Waals surface area (Å²) in [6, 6.07) is 15.9. The van der Waals surface area contributed by atoms with Gasteiger partial charge < -0.3 is 20.1 Å². The van der Waals surface area contributed by atoms with E-state index in [0.29, 0.717) is 23.6 Å². The molecule has 3 aromatic rings. The molecule has 0 saturated heterocycles. The highest BCUT2D eigenvalue weighted by Crippen LogP contribution is 2.55. The van der Waals surface area contributed by atoms with Gasteiger partial charge in [-0.05, 0) is 53.3 Å². The van der Waals surface area contributed by atoms with Crippen LogP contribution in [0.3, 0.4) is 0 Å². The summed E-state index contributed by atoms with van der Waals surface area (Å²) in [5.41, 5.74) is -7.99. The monoisotopic (exact) mass is 528 g/mol. The van der Waals surface area contributed by atoms with Crippen molar-refractivity contribution in [3.8, 4) is 16.9 Å². The topological polar surface area (TPSA) is 69.9 Å². The molecule has 0 radical (unpaired) electrons. The molecule has 37 heavy (non-hydrogen) atoms. The zero-order chi connectivity index (χ0) is 27.6. The Morgan fingerprint density at radius 1 is 0.757 bits per heavy atom. The average Bonchev–Trinajstić information content (AvgIpc) is 2.86. The van der Waals surface area contributed by atoms with E-state index in [4.69, 9.17) is 4.74 Å². The van der Waals surface area contributed by atoms with Crippen molar-refractivity contribution in [1.29, 1.82) is 0 Å². The number of hydrogen-bond acceptors (Lipinski definition) is 4. The molecule has 0 heterocycles. The molecule has 0 bridgehead atoms. The van der Waals surface area contributed by atoms with E-state index >= 15 is 0 Å². The van der Waals surface area contributed by atoms with Gasteiger partial charge in [-0.25, -0.2) is 0 Å². The maximum atomic E-state index is 14.2. The first-order chi connectivity index (χ1) is 17.2. The van der Waals surface area contributed by atoms with Gasteiger partial charge in [0.05, 0.1) is 13.2 Å². The van der Waals surface area contributed by atoms with Crippen molar-refractivity contribution in [2.24, 2.45) is 0 Å². The molecule has 3 rings (SSSR count). The van der Waals surface area contributed by atoms with E-state index in [1.54, 1.807) is 43.3 Å². The molecule has 200 valence electrons. The van der Waals surface area contributed by atoms with Crippen LogP contribution in [0.15, 0.2) is 66.7 Å². The van der Waals surface area contributed by atoms with Gasteiger partial charge in [-0.3, -0.25) is 0 Å². The molecule has 3 aromatic carbocycles. The predicted molar refractivity (Wildman–Crippen MR) is 125 cm³/mol. The van der Waals surface area contributed by atoms with Gasteiger partial charge in [-0.15, -0.1) is 0 Å². The normalized spacial score (nSPS) is 14.4. The van der Waals surface area contributed by atoms with Gasteiger partial charge in [0.15, 0.2) is 5.60 Å². The molecule has 0 aliphatic rings. The Morgan fingerprint density at radius 2 is 1.35 bits per heavy atom. The van der Waals surface area contributed by atoms with E-state index in [-0.39, 0.29) is 23.3 Å². The molecule has 0 spiro atoms. The van der Waals surface area contributed by atoms with Crippen LogP contribution in [0.5, 0.6) is 5.75 Å². The number of benzene rings is 3. The minimum atomic E-state index is -6.21. The molecule has 10 heteroatoms. The van der Waals surface area contributed by atoms with Crippen molar-refractivity contribution in [2.75, 3.05) is 0 Å². The number of ether oxygens (including phenoxy) is 1. The van der Waals surface area contributed by atoms with Gasteiger partial charge in [0.25, 0.3) is 0 Å². The Balaban J connectivity index is 2.34. The van der Waals surface area contributed by atoms with Gasteiger partial charge in [-0.1, -0.05) is 61.5 Å². The predicted octanol–water partition coefficient (Wildman–Crippen LogP) is 6.05. The van der Waals surface area contributed by atoms with Crippen LogP contribution in [0.1, 0.15) is 36.1 Å². The third kappa shape index (κ3) is 4.93. The summed E-state index contributed by atoms with van der Waals surface area (Å²) in [5.74, 6) is -0.282. The van der Waals surface area contributed by atoms with Crippen molar-refractivity contribution in [3.63, 3.8) is 0 Å². The van der Waals surface area contributed by atoms with Crippen LogP contribution < -0.4 is 4.74 Å². The second kappa shape index (κ2) is 10.4. The van der Waals surface area contributed by atoms with E-state index in [2.05, 4.69) is 0 Å². The van der Waals surface area contributed by atoms with E-state index in [1.807, 2.05) is 0 Å². The number of hydrogen-bond donors (Lipinski definition) is 3. The summed E-state index contributed by atoms with van der Waals surface area (Å²) < 4.78 is 90.8. The van der Waals surface area contributed by atoms with Gasteiger partial charge >= 0.3 is 18.0 Å². The Kier molecular flexibility index (Phi) is 7.97. The number of aliphatic hydroxyl groups excluding tert-OH is 2. The molecule has 0 aliphatic carbocycles. The summed E-state index contributed by atoms with van der Waals surface area (Å²) in [6.45, 7) is 0.791. The lowest BCUT2D eigenvalue weighted by Crippen LogP contribution is -2.70. The van der Waals surface area contributed by atoms with Crippen molar-refractivity contribution < 1.29 is 46.4 Å². The highest BCUT2D eigenvalue weighted by molar-refractivity contribution is 5.70. The van der Waals surface area contributed by atoms with Gasteiger partial charge in [0.1, 0.15) is 5.75 Å². The molecule has 4 nitrogen and oxygen atoms in total. The molecular weight excluding hydrogens is 502 g/mol. The van der Waals surface area contributed by atoms with Crippen LogP contribution >= 0.6 is 0 Å². The Bertz CT molecular complexity index is 1210. The summed E-state index contributed by atoms with van der Waals surface area (Å²) in [6.07, 6.45) is -12.2. The molecule has 0 fully saturated rings.